The summed E-state index contributed by atoms with van der Waals surface area (Å²) in [4.78, 5) is 2.56. The van der Waals surface area contributed by atoms with Gasteiger partial charge in [0.2, 0.25) is 0 Å². The maximum atomic E-state index is 6.25. The van der Waals surface area contributed by atoms with Crippen molar-refractivity contribution < 1.29 is 9.47 Å². The van der Waals surface area contributed by atoms with Gasteiger partial charge in [0.1, 0.15) is 6.10 Å². The molecular weight excluding hydrogens is 334 g/mol. The van der Waals surface area contributed by atoms with Crippen LogP contribution in [0.25, 0.3) is 0 Å². The molecule has 1 saturated carbocycles. The van der Waals surface area contributed by atoms with Crippen LogP contribution in [-0.2, 0) is 6.54 Å². The molecule has 134 valence electrons. The zero-order valence-electron chi connectivity index (χ0n) is 14.6. The standard InChI is InChI=1S/C19H25N3O2S/c1-2-3-9-23-18-19(21-25-20-18)24-17-11-15-10-16(17)22(13-15)12-14-7-5-4-6-8-14/h4-8,15-17H,2-3,9-13H2,1H3. The first-order chi connectivity index (χ1) is 12.3. The van der Waals surface area contributed by atoms with Crippen LogP contribution in [0.4, 0.5) is 0 Å². The Morgan fingerprint density at radius 1 is 1.16 bits per heavy atom. The highest BCUT2D eigenvalue weighted by Crippen LogP contribution is 2.41. The lowest BCUT2D eigenvalue weighted by molar-refractivity contribution is 0.0645. The van der Waals surface area contributed by atoms with Gasteiger partial charge in [-0.05, 0) is 30.7 Å². The molecule has 0 N–H and O–H groups in total. The van der Waals surface area contributed by atoms with Crippen LogP contribution in [0.1, 0.15) is 38.2 Å². The lowest BCUT2D eigenvalue weighted by atomic mass is 10.1. The van der Waals surface area contributed by atoms with Crippen molar-refractivity contribution in [3.63, 3.8) is 0 Å². The molecule has 0 radical (unpaired) electrons. The van der Waals surface area contributed by atoms with Crippen LogP contribution < -0.4 is 9.47 Å². The quantitative estimate of drug-likeness (QED) is 0.672. The van der Waals surface area contributed by atoms with Gasteiger partial charge < -0.3 is 9.47 Å². The molecule has 0 spiro atoms. The molecule has 2 bridgehead atoms. The second kappa shape index (κ2) is 7.70. The van der Waals surface area contributed by atoms with Crippen molar-refractivity contribution in [1.82, 2.24) is 13.6 Å². The second-order valence-corrected chi connectivity index (χ2v) is 7.58. The number of hydrogen-bond acceptors (Lipinski definition) is 6. The number of likely N-dealkylation sites (tertiary alicyclic amines) is 1. The third kappa shape index (κ3) is 3.80. The highest BCUT2D eigenvalue weighted by molar-refractivity contribution is 6.99. The summed E-state index contributed by atoms with van der Waals surface area (Å²) in [6, 6.07) is 11.2. The van der Waals surface area contributed by atoms with Crippen LogP contribution in [0.2, 0.25) is 0 Å². The Balaban J connectivity index is 1.38. The number of ether oxygens (including phenoxy) is 2. The van der Waals surface area contributed by atoms with E-state index in [1.54, 1.807) is 0 Å². The normalized spacial score (nSPS) is 25.4. The van der Waals surface area contributed by atoms with E-state index in [9.17, 15) is 0 Å². The van der Waals surface area contributed by atoms with Gasteiger partial charge in [-0.1, -0.05) is 43.7 Å². The van der Waals surface area contributed by atoms with Crippen LogP contribution in [0, 0.1) is 5.92 Å². The smallest absolute Gasteiger partial charge is 0.291 e. The van der Waals surface area contributed by atoms with Crippen molar-refractivity contribution in [2.45, 2.75) is 51.3 Å². The number of hydrogen-bond donors (Lipinski definition) is 0. The van der Waals surface area contributed by atoms with E-state index in [2.05, 4.69) is 50.9 Å². The van der Waals surface area contributed by atoms with Gasteiger partial charge in [-0.3, -0.25) is 4.90 Å². The van der Waals surface area contributed by atoms with E-state index in [1.807, 2.05) is 0 Å². The molecule has 5 nitrogen and oxygen atoms in total. The molecule has 2 aromatic rings. The van der Waals surface area contributed by atoms with Gasteiger partial charge in [-0.25, -0.2) is 0 Å². The van der Waals surface area contributed by atoms with Gasteiger partial charge in [0.05, 0.1) is 18.3 Å². The van der Waals surface area contributed by atoms with Crippen molar-refractivity contribution in [2.75, 3.05) is 13.2 Å². The summed E-state index contributed by atoms with van der Waals surface area (Å²) in [7, 11) is 0. The molecule has 6 heteroatoms. The lowest BCUT2D eigenvalue weighted by Gasteiger charge is -2.32. The molecule has 2 heterocycles. The molecular formula is C19H25N3O2S. The van der Waals surface area contributed by atoms with Crippen molar-refractivity contribution in [1.29, 1.82) is 0 Å². The first kappa shape index (κ1) is 16.8. The number of unbranched alkanes of at least 4 members (excludes halogenated alkanes) is 1. The summed E-state index contributed by atoms with van der Waals surface area (Å²) >= 11 is 1.17. The molecule has 1 aromatic heterocycles. The average Bonchev–Trinajstić information content (AvgIpc) is 3.33. The fourth-order valence-electron chi connectivity index (χ4n) is 3.99. The lowest BCUT2D eigenvalue weighted by Crippen LogP contribution is -2.43. The van der Waals surface area contributed by atoms with E-state index in [4.69, 9.17) is 9.47 Å². The molecule has 25 heavy (non-hydrogen) atoms. The van der Waals surface area contributed by atoms with E-state index in [0.717, 1.165) is 31.7 Å². The average molecular weight is 359 g/mol. The van der Waals surface area contributed by atoms with Gasteiger partial charge in [-0.2, -0.15) is 0 Å². The Morgan fingerprint density at radius 3 is 2.80 bits per heavy atom. The number of rotatable bonds is 8. The van der Waals surface area contributed by atoms with E-state index in [1.165, 1.54) is 30.3 Å². The molecule has 1 saturated heterocycles. The van der Waals surface area contributed by atoms with Crippen LogP contribution in [-0.4, -0.2) is 38.9 Å². The van der Waals surface area contributed by atoms with E-state index < -0.39 is 0 Å². The largest absolute Gasteiger partial charge is 0.473 e. The Bertz CT molecular complexity index is 678. The minimum atomic E-state index is 0.194. The second-order valence-electron chi connectivity index (χ2n) is 7.05. The highest BCUT2D eigenvalue weighted by atomic mass is 32.1. The number of aromatic nitrogens is 2. The molecule has 1 aliphatic carbocycles. The van der Waals surface area contributed by atoms with Gasteiger partial charge in [0.25, 0.3) is 11.8 Å². The fourth-order valence-corrected chi connectivity index (χ4v) is 4.43. The monoisotopic (exact) mass is 359 g/mol. The summed E-state index contributed by atoms with van der Waals surface area (Å²) in [6.45, 7) is 5.00. The Morgan fingerprint density at radius 2 is 2.00 bits per heavy atom. The number of benzene rings is 1. The molecule has 0 amide bonds. The van der Waals surface area contributed by atoms with E-state index in [-0.39, 0.29) is 6.10 Å². The maximum absolute atomic E-state index is 6.25. The van der Waals surface area contributed by atoms with Crippen molar-refractivity contribution in [3.05, 3.63) is 35.9 Å². The first-order valence-corrected chi connectivity index (χ1v) is 9.96. The molecule has 3 atom stereocenters. The summed E-state index contributed by atoms with van der Waals surface area (Å²) in [5, 5.41) is 0. The summed E-state index contributed by atoms with van der Waals surface area (Å²) in [5.74, 6) is 1.88. The zero-order valence-corrected chi connectivity index (χ0v) is 15.5. The Labute approximate surface area is 153 Å². The van der Waals surface area contributed by atoms with Gasteiger partial charge in [0, 0.05) is 19.1 Å². The van der Waals surface area contributed by atoms with Crippen LogP contribution in [0.5, 0.6) is 11.8 Å². The van der Waals surface area contributed by atoms with E-state index >= 15 is 0 Å². The summed E-state index contributed by atoms with van der Waals surface area (Å²) in [6.07, 6.45) is 4.66. The SMILES string of the molecule is CCCCOc1nsnc1OC1CC2CC1N(Cc1ccccc1)C2. The van der Waals surface area contributed by atoms with Crippen LogP contribution >= 0.6 is 11.7 Å². The van der Waals surface area contributed by atoms with Gasteiger partial charge in [0.15, 0.2) is 0 Å². The van der Waals surface area contributed by atoms with E-state index in [0.29, 0.717) is 24.4 Å². The third-order valence-corrected chi connectivity index (χ3v) is 5.68. The minimum absolute atomic E-state index is 0.194. The number of nitrogens with zero attached hydrogens (tertiary/aromatic N) is 3. The van der Waals surface area contributed by atoms with Crippen LogP contribution in [0.15, 0.2) is 30.3 Å². The summed E-state index contributed by atoms with van der Waals surface area (Å²) < 4.78 is 20.5. The predicted octanol–water partition coefficient (Wildman–Crippen LogP) is 3.76. The minimum Gasteiger partial charge on any atom is -0.473 e. The topological polar surface area (TPSA) is 47.5 Å². The molecule has 1 aliphatic heterocycles. The molecule has 3 unspecified atom stereocenters. The molecule has 1 aromatic carbocycles. The predicted molar refractivity (Wildman–Crippen MR) is 98.1 cm³/mol. The van der Waals surface area contributed by atoms with Crippen LogP contribution in [0.3, 0.4) is 0 Å². The van der Waals surface area contributed by atoms with Gasteiger partial charge in [-0.15, -0.1) is 8.75 Å². The van der Waals surface area contributed by atoms with Crippen molar-refractivity contribution >= 4 is 11.7 Å². The first-order valence-electron chi connectivity index (χ1n) is 9.23. The highest BCUT2D eigenvalue weighted by Gasteiger charge is 2.46. The summed E-state index contributed by atoms with van der Waals surface area (Å²) in [5.41, 5.74) is 1.37. The van der Waals surface area contributed by atoms with Gasteiger partial charge >= 0.3 is 0 Å². The molecule has 2 aliphatic rings. The maximum Gasteiger partial charge on any atom is 0.291 e. The molecule has 2 fully saturated rings. The third-order valence-electron chi connectivity index (χ3n) is 5.19. The fraction of sp³-hybridized carbons (Fsp3) is 0.579. The number of piperidine rings is 1. The molecule has 4 rings (SSSR count). The van der Waals surface area contributed by atoms with Crippen molar-refractivity contribution in [2.24, 2.45) is 5.92 Å². The Kier molecular flexibility index (Phi) is 5.17. The zero-order chi connectivity index (χ0) is 17.1. The Hall–Kier alpha value is -1.66. The van der Waals surface area contributed by atoms with Crippen molar-refractivity contribution in [3.8, 4) is 11.8 Å². The number of fused-ring (bicyclic) bond motifs is 2.